The van der Waals surface area contributed by atoms with Crippen LogP contribution in [0.5, 0.6) is 5.75 Å². The van der Waals surface area contributed by atoms with Crippen molar-refractivity contribution in [2.45, 2.75) is 0 Å². The summed E-state index contributed by atoms with van der Waals surface area (Å²) in [5.41, 5.74) is 2.86. The molecule has 4 nitrogen and oxygen atoms in total. The smallest absolute Gasteiger partial charge is 0.283 e. The summed E-state index contributed by atoms with van der Waals surface area (Å²) in [7, 11) is 0. The normalized spacial score (nSPS) is 11.5. The number of rotatable bonds is 3. The summed E-state index contributed by atoms with van der Waals surface area (Å²) in [6.45, 7) is 0. The Balaban J connectivity index is 1.58. The van der Waals surface area contributed by atoms with Crippen LogP contribution in [0, 0.1) is 5.82 Å². The van der Waals surface area contributed by atoms with E-state index in [-0.39, 0.29) is 15.6 Å². The molecule has 27 heavy (non-hydrogen) atoms. The molecule has 1 amide bonds. The molecule has 0 bridgehead atoms. The van der Waals surface area contributed by atoms with Gasteiger partial charge >= 0.3 is 0 Å². The zero-order valence-electron chi connectivity index (χ0n) is 13.7. The molecule has 7 heteroatoms. The average molecular weight is 399 g/mol. The van der Waals surface area contributed by atoms with Gasteiger partial charge in [0.25, 0.3) is 5.91 Å². The Hall–Kier alpha value is -2.96. The van der Waals surface area contributed by atoms with Crippen LogP contribution in [-0.4, -0.2) is 17.2 Å². The summed E-state index contributed by atoms with van der Waals surface area (Å²) in [5, 5.41) is 16.7. The number of nitrogens with zero attached hydrogens (tertiary/aromatic N) is 1. The molecule has 4 aromatic rings. The molecule has 0 saturated heterocycles. The second kappa shape index (κ2) is 6.98. The maximum atomic E-state index is 13.3. The van der Waals surface area contributed by atoms with Crippen LogP contribution in [0.25, 0.3) is 20.9 Å². The van der Waals surface area contributed by atoms with Crippen molar-refractivity contribution in [2.75, 3.05) is 0 Å². The molecule has 1 aromatic heterocycles. The summed E-state index contributed by atoms with van der Waals surface area (Å²) >= 11 is 7.32. The number of phenols is 1. The highest BCUT2D eigenvalue weighted by molar-refractivity contribution is 7.21. The van der Waals surface area contributed by atoms with Crippen molar-refractivity contribution < 1.29 is 14.3 Å². The van der Waals surface area contributed by atoms with Crippen molar-refractivity contribution in [3.63, 3.8) is 0 Å². The first-order valence-corrected chi connectivity index (χ1v) is 9.15. The molecule has 0 atom stereocenters. The first-order chi connectivity index (χ1) is 13.0. The van der Waals surface area contributed by atoms with Gasteiger partial charge in [-0.15, -0.1) is 11.3 Å². The number of carbonyl (C=O) groups is 1. The average Bonchev–Trinajstić information content (AvgIpc) is 2.99. The van der Waals surface area contributed by atoms with Crippen molar-refractivity contribution in [1.82, 2.24) is 5.43 Å². The molecule has 0 aliphatic heterocycles. The highest BCUT2D eigenvalue weighted by atomic mass is 35.5. The Labute approximate surface area is 162 Å². The molecule has 4 rings (SSSR count). The predicted octanol–water partition coefficient (Wildman–Crippen LogP) is 5.32. The molecule has 0 aliphatic carbocycles. The van der Waals surface area contributed by atoms with E-state index >= 15 is 0 Å². The molecule has 2 N–H and O–H groups in total. The lowest BCUT2D eigenvalue weighted by atomic mass is 10.1. The number of amides is 1. The summed E-state index contributed by atoms with van der Waals surface area (Å²) < 4.78 is 13.9. The molecule has 0 radical (unpaired) electrons. The Morgan fingerprint density at radius 1 is 1.15 bits per heavy atom. The quantitative estimate of drug-likeness (QED) is 0.362. The number of hydrogen-bond acceptors (Lipinski definition) is 4. The molecule has 0 spiro atoms. The SMILES string of the molecule is O=C(N/N=C\c1ccc2ccccc2c1O)c1sc2cc(F)ccc2c1Cl. The van der Waals surface area contributed by atoms with Crippen LogP contribution >= 0.6 is 22.9 Å². The second-order valence-corrected chi connectivity index (χ2v) is 7.24. The van der Waals surface area contributed by atoms with E-state index in [0.29, 0.717) is 21.0 Å². The topological polar surface area (TPSA) is 61.7 Å². The minimum atomic E-state index is -0.502. The van der Waals surface area contributed by atoms with Gasteiger partial charge in [0.2, 0.25) is 0 Å². The largest absolute Gasteiger partial charge is 0.507 e. The molecule has 3 aromatic carbocycles. The van der Waals surface area contributed by atoms with Crippen LogP contribution < -0.4 is 5.43 Å². The summed E-state index contributed by atoms with van der Waals surface area (Å²) in [6.07, 6.45) is 1.36. The van der Waals surface area contributed by atoms with Crippen molar-refractivity contribution in [1.29, 1.82) is 0 Å². The number of thiophene rings is 1. The third kappa shape index (κ3) is 3.25. The number of carbonyl (C=O) groups excluding carboxylic acids is 1. The zero-order valence-corrected chi connectivity index (χ0v) is 15.3. The van der Waals surface area contributed by atoms with Crippen molar-refractivity contribution in [3.05, 3.63) is 75.9 Å². The van der Waals surface area contributed by atoms with Gasteiger partial charge < -0.3 is 5.11 Å². The van der Waals surface area contributed by atoms with E-state index in [4.69, 9.17) is 11.6 Å². The molecule has 0 fully saturated rings. The van der Waals surface area contributed by atoms with Crippen molar-refractivity contribution in [2.24, 2.45) is 5.10 Å². The molecule has 134 valence electrons. The second-order valence-electron chi connectivity index (χ2n) is 5.81. The Bertz CT molecular complexity index is 1220. The standard InChI is InChI=1S/C20H12ClFN2O2S/c21-17-15-8-7-13(22)9-16(15)27-19(17)20(26)24-23-10-12-6-5-11-3-1-2-4-14(11)18(12)25/h1-10,25H,(H,24,26)/b23-10-. The van der Waals surface area contributed by atoms with Gasteiger partial charge in [-0.1, -0.05) is 41.9 Å². The van der Waals surface area contributed by atoms with E-state index < -0.39 is 11.7 Å². The van der Waals surface area contributed by atoms with E-state index in [1.54, 1.807) is 12.1 Å². The Morgan fingerprint density at radius 2 is 1.96 bits per heavy atom. The predicted molar refractivity (Wildman–Crippen MR) is 107 cm³/mol. The first-order valence-electron chi connectivity index (χ1n) is 7.96. The van der Waals surface area contributed by atoms with E-state index in [9.17, 15) is 14.3 Å². The number of phenolic OH excluding ortho intramolecular Hbond substituents is 1. The lowest BCUT2D eigenvalue weighted by Gasteiger charge is -2.04. The molecule has 0 aliphatic rings. The van der Waals surface area contributed by atoms with Crippen LogP contribution in [0.1, 0.15) is 15.2 Å². The van der Waals surface area contributed by atoms with E-state index in [0.717, 1.165) is 16.7 Å². The van der Waals surface area contributed by atoms with Gasteiger partial charge in [0.05, 0.1) is 11.2 Å². The van der Waals surface area contributed by atoms with Gasteiger partial charge in [-0.3, -0.25) is 4.79 Å². The minimum absolute atomic E-state index is 0.0847. The fourth-order valence-electron chi connectivity index (χ4n) is 2.77. The minimum Gasteiger partial charge on any atom is -0.507 e. The molecule has 1 heterocycles. The molecule has 0 unspecified atom stereocenters. The van der Waals surface area contributed by atoms with Crippen LogP contribution in [0.15, 0.2) is 59.7 Å². The lowest BCUT2D eigenvalue weighted by molar-refractivity contribution is 0.0959. The van der Waals surface area contributed by atoms with Crippen LogP contribution in [0.4, 0.5) is 4.39 Å². The lowest BCUT2D eigenvalue weighted by Crippen LogP contribution is -2.16. The van der Waals surface area contributed by atoms with Crippen molar-refractivity contribution in [3.8, 4) is 5.75 Å². The number of hydrogen-bond donors (Lipinski definition) is 2. The summed E-state index contributed by atoms with van der Waals surface area (Å²) in [4.78, 5) is 12.6. The van der Waals surface area contributed by atoms with Crippen LogP contribution in [0.3, 0.4) is 0 Å². The fourth-order valence-corrected chi connectivity index (χ4v) is 4.20. The third-order valence-corrected chi connectivity index (χ3v) is 5.76. The fraction of sp³-hybridized carbons (Fsp3) is 0. The van der Waals surface area contributed by atoms with E-state index in [1.807, 2.05) is 24.3 Å². The number of halogens is 2. The first kappa shape index (κ1) is 17.5. The molecular weight excluding hydrogens is 387 g/mol. The molecule has 0 saturated carbocycles. The number of nitrogens with one attached hydrogen (secondary N) is 1. The van der Waals surface area contributed by atoms with Gasteiger partial charge in [-0.25, -0.2) is 9.82 Å². The van der Waals surface area contributed by atoms with Crippen LogP contribution in [0.2, 0.25) is 5.02 Å². The third-order valence-electron chi connectivity index (χ3n) is 4.10. The number of aromatic hydroxyl groups is 1. The maximum Gasteiger partial charge on any atom is 0.283 e. The maximum absolute atomic E-state index is 13.3. The van der Waals surface area contributed by atoms with Crippen LogP contribution in [-0.2, 0) is 0 Å². The van der Waals surface area contributed by atoms with E-state index in [2.05, 4.69) is 10.5 Å². The van der Waals surface area contributed by atoms with Gasteiger partial charge in [-0.2, -0.15) is 5.10 Å². The van der Waals surface area contributed by atoms with Gasteiger partial charge in [-0.05, 0) is 29.7 Å². The summed E-state index contributed by atoms with van der Waals surface area (Å²) in [6, 6.07) is 15.1. The van der Waals surface area contributed by atoms with Gasteiger partial charge in [0.15, 0.2) is 0 Å². The van der Waals surface area contributed by atoms with Gasteiger partial charge in [0, 0.05) is 21.0 Å². The number of fused-ring (bicyclic) bond motifs is 2. The summed E-state index contributed by atoms with van der Waals surface area (Å²) in [5.74, 6) is -0.809. The Kier molecular flexibility index (Phi) is 4.51. The highest BCUT2D eigenvalue weighted by Gasteiger charge is 2.17. The van der Waals surface area contributed by atoms with Crippen molar-refractivity contribution >= 4 is 55.9 Å². The Morgan fingerprint density at radius 3 is 2.81 bits per heavy atom. The highest BCUT2D eigenvalue weighted by Crippen LogP contribution is 2.35. The van der Waals surface area contributed by atoms with Gasteiger partial charge in [0.1, 0.15) is 16.4 Å². The number of benzene rings is 3. The molecular formula is C20H12ClFN2O2S. The van der Waals surface area contributed by atoms with E-state index in [1.165, 1.54) is 24.4 Å². The zero-order chi connectivity index (χ0) is 19.0. The number of hydrazone groups is 1. The monoisotopic (exact) mass is 398 g/mol.